The molecule has 0 bridgehead atoms. The normalized spacial score (nSPS) is 11.9. The van der Waals surface area contributed by atoms with Gasteiger partial charge in [0.15, 0.2) is 0 Å². The van der Waals surface area contributed by atoms with Crippen molar-refractivity contribution in [1.29, 1.82) is 0 Å². The number of hydrogen-bond acceptors (Lipinski definition) is 4. The highest BCUT2D eigenvalue weighted by Crippen LogP contribution is 2.16. The average Bonchev–Trinajstić information content (AvgIpc) is 3.03. The van der Waals surface area contributed by atoms with E-state index < -0.39 is 6.04 Å². The molecule has 0 aromatic carbocycles. The summed E-state index contributed by atoms with van der Waals surface area (Å²) in [6.07, 6.45) is 0. The number of carbonyl (C=O) groups excluding carboxylic acids is 2. The summed E-state index contributed by atoms with van der Waals surface area (Å²) in [5.74, 6) is -0.522. The first kappa shape index (κ1) is 14.3. The van der Waals surface area contributed by atoms with Gasteiger partial charge in [0.2, 0.25) is 5.91 Å². The number of H-pyrrole nitrogens is 1. The van der Waals surface area contributed by atoms with Crippen molar-refractivity contribution in [2.24, 2.45) is 0 Å². The largest absolute Gasteiger partial charge is 0.340 e. The molecule has 7 heteroatoms. The van der Waals surface area contributed by atoms with Gasteiger partial charge in [0.05, 0.1) is 22.0 Å². The lowest BCUT2D eigenvalue weighted by atomic mass is 10.2. The summed E-state index contributed by atoms with van der Waals surface area (Å²) in [4.78, 5) is 24.5. The van der Waals surface area contributed by atoms with E-state index in [4.69, 9.17) is 0 Å². The minimum atomic E-state index is -0.627. The fourth-order valence-corrected chi connectivity index (χ4v) is 2.33. The average molecular weight is 292 g/mol. The summed E-state index contributed by atoms with van der Waals surface area (Å²) in [5.41, 5.74) is 2.16. The lowest BCUT2D eigenvalue weighted by Gasteiger charge is -2.13. The fraction of sp³-hybridized carbons (Fsp3) is 0.308. The Morgan fingerprint density at radius 1 is 1.40 bits per heavy atom. The van der Waals surface area contributed by atoms with Crippen molar-refractivity contribution in [3.05, 3.63) is 33.8 Å². The molecule has 20 heavy (non-hydrogen) atoms. The van der Waals surface area contributed by atoms with E-state index in [1.54, 1.807) is 26.0 Å². The predicted octanol–water partition coefficient (Wildman–Crippen LogP) is 1.85. The first-order valence-electron chi connectivity index (χ1n) is 6.16. The molecule has 0 aliphatic heterocycles. The monoisotopic (exact) mass is 292 g/mol. The summed E-state index contributed by atoms with van der Waals surface area (Å²) in [6, 6.07) is 2.88. The molecule has 2 heterocycles. The molecule has 0 aliphatic rings. The van der Waals surface area contributed by atoms with Gasteiger partial charge in [-0.25, -0.2) is 0 Å². The maximum Gasteiger partial charge on any atom is 0.261 e. The van der Waals surface area contributed by atoms with Gasteiger partial charge in [-0.3, -0.25) is 14.7 Å². The number of aromatic amines is 1. The van der Waals surface area contributed by atoms with E-state index in [1.165, 1.54) is 11.3 Å². The highest BCUT2D eigenvalue weighted by Gasteiger charge is 2.19. The Morgan fingerprint density at radius 2 is 2.15 bits per heavy atom. The molecule has 3 N–H and O–H groups in total. The zero-order chi connectivity index (χ0) is 14.7. The van der Waals surface area contributed by atoms with Crippen LogP contribution in [0.5, 0.6) is 0 Å². The molecule has 0 saturated carbocycles. The molecule has 0 radical (unpaired) electrons. The van der Waals surface area contributed by atoms with Gasteiger partial charge in [-0.2, -0.15) is 5.10 Å². The van der Waals surface area contributed by atoms with Crippen LogP contribution in [0.4, 0.5) is 5.69 Å². The van der Waals surface area contributed by atoms with E-state index in [9.17, 15) is 9.59 Å². The van der Waals surface area contributed by atoms with Gasteiger partial charge in [0, 0.05) is 0 Å². The van der Waals surface area contributed by atoms with Crippen LogP contribution in [0.15, 0.2) is 17.5 Å². The van der Waals surface area contributed by atoms with Crippen LogP contribution in [-0.4, -0.2) is 28.1 Å². The Morgan fingerprint density at radius 3 is 2.70 bits per heavy atom. The summed E-state index contributed by atoms with van der Waals surface area (Å²) < 4.78 is 0. The maximum absolute atomic E-state index is 12.1. The number of amides is 2. The predicted molar refractivity (Wildman–Crippen MR) is 77.9 cm³/mol. The molecule has 2 aromatic heterocycles. The Balaban J connectivity index is 1.97. The third kappa shape index (κ3) is 3.05. The Hall–Kier alpha value is -2.15. The van der Waals surface area contributed by atoms with Gasteiger partial charge >= 0.3 is 0 Å². The Labute approximate surface area is 120 Å². The molecule has 6 nitrogen and oxygen atoms in total. The zero-order valence-corrected chi connectivity index (χ0v) is 12.3. The molecule has 0 saturated heterocycles. The SMILES string of the molecule is Cc1n[nH]c(C)c1NC(=O)C(C)NC(=O)c1cccs1. The van der Waals surface area contributed by atoms with Crippen LogP contribution in [0.3, 0.4) is 0 Å². The topological polar surface area (TPSA) is 86.9 Å². The quantitative estimate of drug-likeness (QED) is 0.803. The van der Waals surface area contributed by atoms with Crippen LogP contribution < -0.4 is 10.6 Å². The van der Waals surface area contributed by atoms with Gasteiger partial charge in [-0.15, -0.1) is 11.3 Å². The Bertz CT molecular complexity index is 599. The molecule has 0 spiro atoms. The summed E-state index contributed by atoms with van der Waals surface area (Å²) in [5, 5.41) is 14.0. The van der Waals surface area contributed by atoms with Crippen LogP contribution in [0, 0.1) is 13.8 Å². The molecule has 0 aliphatic carbocycles. The van der Waals surface area contributed by atoms with Gasteiger partial charge in [0.25, 0.3) is 5.91 Å². The molecule has 2 aromatic rings. The van der Waals surface area contributed by atoms with Gasteiger partial charge < -0.3 is 10.6 Å². The molecular weight excluding hydrogens is 276 g/mol. The second-order valence-corrected chi connectivity index (χ2v) is 5.42. The maximum atomic E-state index is 12.1. The van der Waals surface area contributed by atoms with Crippen molar-refractivity contribution in [2.45, 2.75) is 26.8 Å². The smallest absolute Gasteiger partial charge is 0.261 e. The number of anilines is 1. The van der Waals surface area contributed by atoms with Crippen molar-refractivity contribution in [2.75, 3.05) is 5.32 Å². The second-order valence-electron chi connectivity index (χ2n) is 4.47. The molecule has 106 valence electrons. The number of rotatable bonds is 4. The highest BCUT2D eigenvalue weighted by molar-refractivity contribution is 7.12. The lowest BCUT2D eigenvalue weighted by Crippen LogP contribution is -2.41. The minimum Gasteiger partial charge on any atom is -0.340 e. The van der Waals surface area contributed by atoms with E-state index in [-0.39, 0.29) is 11.8 Å². The van der Waals surface area contributed by atoms with Crippen molar-refractivity contribution >= 4 is 28.8 Å². The zero-order valence-electron chi connectivity index (χ0n) is 11.5. The first-order valence-corrected chi connectivity index (χ1v) is 7.03. The van der Waals surface area contributed by atoms with Crippen LogP contribution in [0.2, 0.25) is 0 Å². The van der Waals surface area contributed by atoms with Crippen LogP contribution in [-0.2, 0) is 4.79 Å². The van der Waals surface area contributed by atoms with Gasteiger partial charge in [-0.1, -0.05) is 6.07 Å². The Kier molecular flexibility index (Phi) is 4.19. The van der Waals surface area contributed by atoms with Crippen LogP contribution in [0.25, 0.3) is 0 Å². The highest BCUT2D eigenvalue weighted by atomic mass is 32.1. The molecule has 0 fully saturated rings. The lowest BCUT2D eigenvalue weighted by molar-refractivity contribution is -0.117. The van der Waals surface area contributed by atoms with Crippen molar-refractivity contribution < 1.29 is 9.59 Å². The molecule has 2 amide bonds. The molecule has 1 atom stereocenters. The van der Waals surface area contributed by atoms with Crippen molar-refractivity contribution in [3.8, 4) is 0 Å². The number of nitrogens with one attached hydrogen (secondary N) is 3. The second kappa shape index (κ2) is 5.87. The molecule has 2 rings (SSSR count). The number of hydrogen-bond donors (Lipinski definition) is 3. The fourth-order valence-electron chi connectivity index (χ4n) is 1.71. The number of thiophene rings is 1. The van der Waals surface area contributed by atoms with Crippen molar-refractivity contribution in [3.63, 3.8) is 0 Å². The standard InChI is InChI=1S/C13H16N4O2S/c1-7-11(8(2)17-16-7)15-12(18)9(3)14-13(19)10-5-4-6-20-10/h4-6,9H,1-3H3,(H,14,19)(H,15,18)(H,16,17). The van der Waals surface area contributed by atoms with Crippen LogP contribution >= 0.6 is 11.3 Å². The molecular formula is C13H16N4O2S. The first-order chi connectivity index (χ1) is 9.49. The number of aromatic nitrogens is 2. The van der Waals surface area contributed by atoms with E-state index in [0.29, 0.717) is 16.3 Å². The van der Waals surface area contributed by atoms with Crippen molar-refractivity contribution in [1.82, 2.24) is 15.5 Å². The molecule has 1 unspecified atom stereocenters. The summed E-state index contributed by atoms with van der Waals surface area (Å²) >= 11 is 1.34. The summed E-state index contributed by atoms with van der Waals surface area (Å²) in [7, 11) is 0. The summed E-state index contributed by atoms with van der Waals surface area (Å²) in [6.45, 7) is 5.27. The van der Waals surface area contributed by atoms with Gasteiger partial charge in [0.1, 0.15) is 6.04 Å². The third-order valence-electron chi connectivity index (χ3n) is 2.86. The van der Waals surface area contributed by atoms with Gasteiger partial charge in [-0.05, 0) is 32.2 Å². The third-order valence-corrected chi connectivity index (χ3v) is 3.73. The number of aryl methyl sites for hydroxylation is 2. The minimum absolute atomic E-state index is 0.247. The number of nitrogens with zero attached hydrogens (tertiary/aromatic N) is 1. The van der Waals surface area contributed by atoms with E-state index in [1.807, 2.05) is 12.3 Å². The van der Waals surface area contributed by atoms with E-state index in [2.05, 4.69) is 20.8 Å². The van der Waals surface area contributed by atoms with Crippen LogP contribution in [0.1, 0.15) is 28.0 Å². The van der Waals surface area contributed by atoms with E-state index in [0.717, 1.165) is 5.69 Å². The van der Waals surface area contributed by atoms with E-state index >= 15 is 0 Å². The number of carbonyl (C=O) groups is 2.